The van der Waals surface area contributed by atoms with Gasteiger partial charge in [-0.2, -0.15) is 5.10 Å². The maximum Gasteiger partial charge on any atom is 0.244 e. The van der Waals surface area contributed by atoms with Gasteiger partial charge in [0.05, 0.1) is 17.1 Å². The van der Waals surface area contributed by atoms with Crippen LogP contribution < -0.4 is 5.73 Å². The van der Waals surface area contributed by atoms with Crippen LogP contribution in [0, 0.1) is 19.3 Å². The lowest BCUT2D eigenvalue weighted by molar-refractivity contribution is -0.133. The summed E-state index contributed by atoms with van der Waals surface area (Å²) >= 11 is 0. The quantitative estimate of drug-likeness (QED) is 0.931. The first-order valence-electron chi connectivity index (χ1n) is 7.76. The summed E-state index contributed by atoms with van der Waals surface area (Å²) < 4.78 is 1.72. The van der Waals surface area contributed by atoms with E-state index in [2.05, 4.69) is 18.9 Å². The van der Waals surface area contributed by atoms with Crippen molar-refractivity contribution in [2.45, 2.75) is 66.0 Å². The zero-order valence-corrected chi connectivity index (χ0v) is 13.9. The minimum Gasteiger partial charge on any atom is -0.396 e. The van der Waals surface area contributed by atoms with Gasteiger partial charge in [-0.1, -0.05) is 13.8 Å². The smallest absolute Gasteiger partial charge is 0.244 e. The van der Waals surface area contributed by atoms with Gasteiger partial charge in [0.25, 0.3) is 0 Å². The first-order chi connectivity index (χ1) is 9.71. The van der Waals surface area contributed by atoms with Crippen LogP contribution in [0.5, 0.6) is 0 Å². The van der Waals surface area contributed by atoms with Crippen LogP contribution in [0.3, 0.4) is 0 Å². The van der Waals surface area contributed by atoms with Gasteiger partial charge in [-0.05, 0) is 44.9 Å². The maximum atomic E-state index is 12.5. The highest BCUT2D eigenvalue weighted by atomic mass is 16.2. The third-order valence-corrected chi connectivity index (χ3v) is 4.97. The average molecular weight is 292 g/mol. The van der Waals surface area contributed by atoms with Crippen LogP contribution in [0.25, 0.3) is 0 Å². The second-order valence-electron chi connectivity index (χ2n) is 7.14. The van der Waals surface area contributed by atoms with E-state index in [-0.39, 0.29) is 12.5 Å². The Kier molecular flexibility index (Phi) is 4.30. The number of nitrogens with two attached hydrogens (primary N) is 1. The van der Waals surface area contributed by atoms with Gasteiger partial charge in [0.15, 0.2) is 0 Å². The van der Waals surface area contributed by atoms with E-state index in [0.717, 1.165) is 24.2 Å². The number of rotatable bonds is 3. The molecule has 1 aromatic heterocycles. The summed E-state index contributed by atoms with van der Waals surface area (Å²) in [4.78, 5) is 14.4. The minimum atomic E-state index is 0.116. The Morgan fingerprint density at radius 2 is 1.95 bits per heavy atom. The van der Waals surface area contributed by atoms with Gasteiger partial charge >= 0.3 is 0 Å². The number of anilines is 1. The Labute approximate surface area is 127 Å². The summed E-state index contributed by atoms with van der Waals surface area (Å²) in [6.45, 7) is 8.68. The molecule has 1 amide bonds. The van der Waals surface area contributed by atoms with Crippen LogP contribution in [0.15, 0.2) is 0 Å². The summed E-state index contributed by atoms with van der Waals surface area (Å²) in [5.41, 5.74) is 8.69. The Morgan fingerprint density at radius 1 is 1.38 bits per heavy atom. The van der Waals surface area contributed by atoms with Crippen molar-refractivity contribution < 1.29 is 4.79 Å². The van der Waals surface area contributed by atoms with E-state index >= 15 is 0 Å². The van der Waals surface area contributed by atoms with Gasteiger partial charge in [0, 0.05) is 13.1 Å². The third kappa shape index (κ3) is 3.39. The Bertz CT molecular complexity index is 523. The summed E-state index contributed by atoms with van der Waals surface area (Å²) in [5.74, 6) is 0.116. The van der Waals surface area contributed by atoms with E-state index in [1.807, 2.05) is 25.8 Å². The predicted molar refractivity (Wildman–Crippen MR) is 84.9 cm³/mol. The molecule has 5 nitrogen and oxygen atoms in total. The molecular weight excluding hydrogens is 264 g/mol. The Morgan fingerprint density at radius 3 is 2.43 bits per heavy atom. The second-order valence-corrected chi connectivity index (χ2v) is 7.14. The number of likely N-dealkylation sites (N-methyl/N-ethyl adjacent to an activating group) is 1. The zero-order chi connectivity index (χ0) is 15.8. The molecule has 118 valence electrons. The molecule has 1 saturated carbocycles. The van der Waals surface area contributed by atoms with Gasteiger partial charge in [-0.15, -0.1) is 0 Å². The molecule has 21 heavy (non-hydrogen) atoms. The van der Waals surface area contributed by atoms with Gasteiger partial charge in [-0.3, -0.25) is 9.48 Å². The number of aromatic nitrogens is 2. The number of nitrogens with zero attached hydrogens (tertiary/aromatic N) is 3. The van der Waals surface area contributed by atoms with Gasteiger partial charge < -0.3 is 10.6 Å². The number of carbonyl (C=O) groups is 1. The maximum absolute atomic E-state index is 12.5. The molecule has 0 aliphatic heterocycles. The van der Waals surface area contributed by atoms with Crippen LogP contribution in [0.4, 0.5) is 5.69 Å². The number of amides is 1. The monoisotopic (exact) mass is 292 g/mol. The molecule has 0 unspecified atom stereocenters. The summed E-state index contributed by atoms with van der Waals surface area (Å²) in [6, 6.07) is 0.361. The largest absolute Gasteiger partial charge is 0.396 e. The normalized spacial score (nSPS) is 18.7. The lowest BCUT2D eigenvalue weighted by Gasteiger charge is -2.38. The topological polar surface area (TPSA) is 64.2 Å². The van der Waals surface area contributed by atoms with Crippen molar-refractivity contribution in [3.63, 3.8) is 0 Å². The molecule has 0 spiro atoms. The molecule has 1 aliphatic rings. The van der Waals surface area contributed by atoms with Gasteiger partial charge in [0.1, 0.15) is 6.54 Å². The molecule has 1 fully saturated rings. The molecular formula is C16H28N4O. The summed E-state index contributed by atoms with van der Waals surface area (Å²) in [5, 5.41) is 4.34. The number of carbonyl (C=O) groups excluding carboxylic acids is 1. The van der Waals surface area contributed by atoms with E-state index in [1.165, 1.54) is 12.8 Å². The number of aryl methyl sites for hydroxylation is 1. The number of hydrogen-bond donors (Lipinski definition) is 1. The van der Waals surface area contributed by atoms with Crippen molar-refractivity contribution in [3.05, 3.63) is 11.4 Å². The van der Waals surface area contributed by atoms with Crippen molar-refractivity contribution in [2.24, 2.45) is 5.41 Å². The lowest BCUT2D eigenvalue weighted by Crippen LogP contribution is -2.42. The summed E-state index contributed by atoms with van der Waals surface area (Å²) in [7, 11) is 1.92. The molecule has 0 atom stereocenters. The van der Waals surface area contributed by atoms with Crippen molar-refractivity contribution in [1.82, 2.24) is 14.7 Å². The Balaban J connectivity index is 1.98. The molecule has 0 aromatic carbocycles. The van der Waals surface area contributed by atoms with Crippen molar-refractivity contribution in [1.29, 1.82) is 0 Å². The molecule has 0 bridgehead atoms. The number of nitrogen functional groups attached to an aromatic ring is 1. The van der Waals surface area contributed by atoms with Gasteiger partial charge in [0.2, 0.25) is 5.91 Å². The fraction of sp³-hybridized carbons (Fsp3) is 0.750. The molecule has 5 heteroatoms. The van der Waals surface area contributed by atoms with E-state index in [1.54, 1.807) is 4.68 Å². The molecule has 0 saturated heterocycles. The highest BCUT2D eigenvalue weighted by molar-refractivity contribution is 5.76. The molecule has 1 aliphatic carbocycles. The molecule has 0 radical (unpaired) electrons. The first-order valence-corrected chi connectivity index (χ1v) is 7.76. The van der Waals surface area contributed by atoms with Crippen molar-refractivity contribution in [3.8, 4) is 0 Å². The van der Waals surface area contributed by atoms with Crippen LogP contribution in [0.1, 0.15) is 50.9 Å². The molecule has 1 aromatic rings. The third-order valence-electron chi connectivity index (χ3n) is 4.97. The van der Waals surface area contributed by atoms with Crippen LogP contribution in [-0.4, -0.2) is 33.7 Å². The van der Waals surface area contributed by atoms with Crippen molar-refractivity contribution in [2.75, 3.05) is 12.8 Å². The van der Waals surface area contributed by atoms with Crippen LogP contribution in [0.2, 0.25) is 0 Å². The zero-order valence-electron chi connectivity index (χ0n) is 13.9. The lowest BCUT2D eigenvalue weighted by atomic mass is 9.75. The first kappa shape index (κ1) is 15.9. The average Bonchev–Trinajstić information content (AvgIpc) is 2.65. The molecule has 1 heterocycles. The minimum absolute atomic E-state index is 0.116. The SMILES string of the molecule is Cc1nn(CC(=O)N(C)C2CCC(C)(C)CC2)c(C)c1N. The highest BCUT2D eigenvalue weighted by Gasteiger charge is 2.30. The fourth-order valence-electron chi connectivity index (χ4n) is 3.08. The van der Waals surface area contributed by atoms with E-state index in [4.69, 9.17) is 5.73 Å². The fourth-order valence-corrected chi connectivity index (χ4v) is 3.08. The molecule has 2 N–H and O–H groups in total. The van der Waals surface area contributed by atoms with E-state index < -0.39 is 0 Å². The van der Waals surface area contributed by atoms with Crippen molar-refractivity contribution >= 4 is 11.6 Å². The molecule has 2 rings (SSSR count). The van der Waals surface area contributed by atoms with E-state index in [9.17, 15) is 4.79 Å². The highest BCUT2D eigenvalue weighted by Crippen LogP contribution is 2.36. The van der Waals surface area contributed by atoms with Crippen LogP contribution in [-0.2, 0) is 11.3 Å². The van der Waals surface area contributed by atoms with E-state index in [0.29, 0.717) is 17.1 Å². The second kappa shape index (κ2) is 5.70. The van der Waals surface area contributed by atoms with Crippen LogP contribution >= 0.6 is 0 Å². The Hall–Kier alpha value is -1.52. The number of hydrogen-bond acceptors (Lipinski definition) is 3. The van der Waals surface area contributed by atoms with Gasteiger partial charge in [-0.25, -0.2) is 0 Å². The standard InChI is InChI=1S/C16H28N4O/c1-11-15(17)12(2)20(18-11)10-14(21)19(5)13-6-8-16(3,4)9-7-13/h13H,6-10,17H2,1-5H3. The predicted octanol–water partition coefficient (Wildman–Crippen LogP) is 2.51. The summed E-state index contributed by atoms with van der Waals surface area (Å²) in [6.07, 6.45) is 4.55.